The van der Waals surface area contributed by atoms with Crippen LogP contribution in [0.5, 0.6) is 11.6 Å². The van der Waals surface area contributed by atoms with Gasteiger partial charge in [0.25, 0.3) is 11.8 Å². The van der Waals surface area contributed by atoms with Crippen molar-refractivity contribution in [2.24, 2.45) is 0 Å². The average molecular weight is 542 g/mol. The Morgan fingerprint density at radius 2 is 1.77 bits per heavy atom. The predicted molar refractivity (Wildman–Crippen MR) is 150 cm³/mol. The molecule has 8 nitrogen and oxygen atoms in total. The van der Waals surface area contributed by atoms with Crippen LogP contribution in [0.3, 0.4) is 0 Å². The Morgan fingerprint density at radius 1 is 1.00 bits per heavy atom. The number of aryl methyl sites for hydroxylation is 1. The molecule has 9 heteroatoms. The fourth-order valence-corrected chi connectivity index (χ4v) is 6.37. The molecular weight excluding hydrogens is 514 g/mol. The number of fused-ring (bicyclic) bond motifs is 4. The molecule has 0 spiro atoms. The first-order chi connectivity index (χ1) is 19.0. The molecule has 0 radical (unpaired) electrons. The molecule has 1 amide bonds. The van der Waals surface area contributed by atoms with Gasteiger partial charge in [0.1, 0.15) is 13.2 Å². The van der Waals surface area contributed by atoms with Crippen molar-refractivity contribution in [2.75, 3.05) is 18.5 Å². The van der Waals surface area contributed by atoms with E-state index in [1.165, 1.54) is 0 Å². The second kappa shape index (κ2) is 9.68. The van der Waals surface area contributed by atoms with E-state index in [2.05, 4.69) is 21.3 Å². The number of amides is 1. The van der Waals surface area contributed by atoms with E-state index >= 15 is 0 Å². The lowest BCUT2D eigenvalue weighted by Gasteiger charge is -2.39. The second-order valence-corrected chi connectivity index (χ2v) is 10.9. The largest absolute Gasteiger partial charge is 0.484 e. The molecule has 2 bridgehead atoms. The van der Waals surface area contributed by atoms with E-state index in [-0.39, 0.29) is 24.0 Å². The van der Waals surface area contributed by atoms with Crippen molar-refractivity contribution in [3.63, 3.8) is 0 Å². The normalized spacial score (nSPS) is 21.7. The first kappa shape index (κ1) is 24.2. The van der Waals surface area contributed by atoms with Crippen LogP contribution in [-0.2, 0) is 0 Å². The first-order valence-corrected chi connectivity index (χ1v) is 13.8. The number of ether oxygens (including phenoxy) is 2. The van der Waals surface area contributed by atoms with Crippen molar-refractivity contribution < 1.29 is 14.3 Å². The number of benzene rings is 2. The second-order valence-electron chi connectivity index (χ2n) is 10.5. The topological polar surface area (TPSA) is 89.5 Å². The van der Waals surface area contributed by atoms with Crippen LogP contribution < -0.4 is 14.8 Å². The summed E-state index contributed by atoms with van der Waals surface area (Å²) in [5.41, 5.74) is 4.43. The number of nitrogens with one attached hydrogen (secondary N) is 1. The number of hydrogen-bond acceptors (Lipinski definition) is 7. The number of piperidine rings is 1. The molecule has 5 heterocycles. The van der Waals surface area contributed by atoms with Crippen molar-refractivity contribution in [1.82, 2.24) is 19.9 Å². The lowest BCUT2D eigenvalue weighted by molar-refractivity contribution is 0.0582. The first-order valence-electron chi connectivity index (χ1n) is 13.4. The summed E-state index contributed by atoms with van der Waals surface area (Å²) >= 11 is 6.02. The monoisotopic (exact) mass is 541 g/mol. The number of aromatic nitrogens is 3. The summed E-state index contributed by atoms with van der Waals surface area (Å²) in [6.07, 6.45) is 5.55. The van der Waals surface area contributed by atoms with E-state index in [1.54, 1.807) is 18.3 Å². The van der Waals surface area contributed by atoms with Crippen LogP contribution in [0.1, 0.15) is 41.7 Å². The summed E-state index contributed by atoms with van der Waals surface area (Å²) in [7, 11) is 0. The zero-order valence-electron chi connectivity index (χ0n) is 21.6. The number of halogens is 1. The highest BCUT2D eigenvalue weighted by atomic mass is 35.5. The van der Waals surface area contributed by atoms with Gasteiger partial charge in [-0.05, 0) is 80.6 Å². The van der Waals surface area contributed by atoms with Crippen LogP contribution in [0, 0.1) is 6.92 Å². The molecule has 1 N–H and O–H groups in total. The zero-order valence-corrected chi connectivity index (χ0v) is 22.3. The number of rotatable bonds is 4. The van der Waals surface area contributed by atoms with Crippen molar-refractivity contribution in [2.45, 2.75) is 50.7 Å². The van der Waals surface area contributed by atoms with Gasteiger partial charge in [-0.2, -0.15) is 0 Å². The standard InChI is InChI=1S/C30H28ClN5O3/c1-17-25-14-19(24-10-11-32-28-27(24)38-12-13-39-28)4-9-26(25)35-30(33-17)34-21-15-22-7-8-23(16-21)36(22)29(37)18-2-5-20(31)6-3-18/h2-6,9-11,14,21-23H,7-8,12-13,15-16H2,1H3,(H,33,34,35)/t21?,22-,23+. The Hall–Kier alpha value is -3.91. The van der Waals surface area contributed by atoms with Crippen LogP contribution in [-0.4, -0.2) is 57.1 Å². The SMILES string of the molecule is Cc1nc(NC2C[C@H]3CC[C@@H](C2)N3C(=O)c2ccc(Cl)cc2)nc2ccc(-c3ccnc4c3OCCO4)cc12. The van der Waals surface area contributed by atoms with E-state index in [9.17, 15) is 4.79 Å². The maximum absolute atomic E-state index is 13.3. The minimum atomic E-state index is 0.0960. The summed E-state index contributed by atoms with van der Waals surface area (Å²) < 4.78 is 11.5. The van der Waals surface area contributed by atoms with Crippen LogP contribution in [0.4, 0.5) is 5.95 Å². The Bertz CT molecular complexity index is 1560. The fourth-order valence-electron chi connectivity index (χ4n) is 6.24. The average Bonchev–Trinajstić information content (AvgIpc) is 3.22. The number of anilines is 1. The molecule has 39 heavy (non-hydrogen) atoms. The molecule has 2 aromatic heterocycles. The third kappa shape index (κ3) is 4.42. The van der Waals surface area contributed by atoms with E-state index in [0.29, 0.717) is 41.4 Å². The van der Waals surface area contributed by atoms with Gasteiger partial charge in [0.2, 0.25) is 5.95 Å². The highest BCUT2D eigenvalue weighted by Gasteiger charge is 2.43. The molecule has 2 aromatic carbocycles. The zero-order chi connectivity index (χ0) is 26.5. The molecule has 3 aliphatic rings. The quantitative estimate of drug-likeness (QED) is 0.356. The molecule has 0 aliphatic carbocycles. The van der Waals surface area contributed by atoms with Gasteiger partial charge in [0.05, 0.1) is 11.2 Å². The molecule has 198 valence electrons. The van der Waals surface area contributed by atoms with E-state index < -0.39 is 0 Å². The molecule has 1 unspecified atom stereocenters. The van der Waals surface area contributed by atoms with Crippen molar-refractivity contribution in [3.05, 3.63) is 71.0 Å². The van der Waals surface area contributed by atoms with Crippen LogP contribution >= 0.6 is 11.6 Å². The van der Waals surface area contributed by atoms with Gasteiger partial charge in [-0.25, -0.2) is 15.0 Å². The van der Waals surface area contributed by atoms with Crippen molar-refractivity contribution in [1.29, 1.82) is 0 Å². The maximum atomic E-state index is 13.3. The fraction of sp³-hybridized carbons (Fsp3) is 0.333. The summed E-state index contributed by atoms with van der Waals surface area (Å²) in [5, 5.41) is 5.21. The molecule has 4 aromatic rings. The van der Waals surface area contributed by atoms with E-state index in [0.717, 1.165) is 53.4 Å². The Morgan fingerprint density at radius 3 is 2.56 bits per heavy atom. The predicted octanol–water partition coefficient (Wildman–Crippen LogP) is 5.67. The highest BCUT2D eigenvalue weighted by Crippen LogP contribution is 2.40. The van der Waals surface area contributed by atoms with Crippen molar-refractivity contribution >= 4 is 34.4 Å². The van der Waals surface area contributed by atoms with Gasteiger partial charge in [-0.1, -0.05) is 17.7 Å². The Kier molecular flexibility index (Phi) is 6.00. The minimum Gasteiger partial charge on any atom is -0.484 e. The molecule has 0 saturated carbocycles. The van der Waals surface area contributed by atoms with E-state index in [1.807, 2.05) is 37.3 Å². The highest BCUT2D eigenvalue weighted by molar-refractivity contribution is 6.30. The molecule has 2 fully saturated rings. The lowest BCUT2D eigenvalue weighted by Crippen LogP contribution is -2.49. The van der Waals surface area contributed by atoms with Gasteiger partial charge in [0.15, 0.2) is 5.75 Å². The number of hydrogen-bond donors (Lipinski definition) is 1. The number of pyridine rings is 1. The van der Waals surface area contributed by atoms with Gasteiger partial charge in [-0.15, -0.1) is 0 Å². The Balaban J connectivity index is 1.10. The number of carbonyl (C=O) groups excluding carboxylic acids is 1. The summed E-state index contributed by atoms with van der Waals surface area (Å²) in [6, 6.07) is 15.9. The minimum absolute atomic E-state index is 0.0960. The van der Waals surface area contributed by atoms with Crippen LogP contribution in [0.25, 0.3) is 22.0 Å². The van der Waals surface area contributed by atoms with Crippen LogP contribution in [0.2, 0.25) is 5.02 Å². The van der Waals surface area contributed by atoms with Crippen molar-refractivity contribution in [3.8, 4) is 22.8 Å². The van der Waals surface area contributed by atoms with Gasteiger partial charge in [-0.3, -0.25) is 4.79 Å². The summed E-state index contributed by atoms with van der Waals surface area (Å²) in [5.74, 6) is 1.93. The molecular formula is C30H28ClN5O3. The molecule has 3 aliphatic heterocycles. The van der Waals surface area contributed by atoms with Crippen LogP contribution in [0.15, 0.2) is 54.7 Å². The number of carbonyl (C=O) groups is 1. The summed E-state index contributed by atoms with van der Waals surface area (Å²) in [6.45, 7) is 3.02. The maximum Gasteiger partial charge on any atom is 0.257 e. The number of nitrogens with zero attached hydrogens (tertiary/aromatic N) is 4. The molecule has 2 saturated heterocycles. The Labute approximate surface area is 231 Å². The third-order valence-electron chi connectivity index (χ3n) is 8.03. The third-order valence-corrected chi connectivity index (χ3v) is 8.28. The summed E-state index contributed by atoms with van der Waals surface area (Å²) in [4.78, 5) is 29.3. The van der Waals surface area contributed by atoms with Gasteiger partial charge in [0, 0.05) is 45.9 Å². The van der Waals surface area contributed by atoms with Gasteiger partial charge < -0.3 is 19.7 Å². The lowest BCUT2D eigenvalue weighted by atomic mass is 9.96. The smallest absolute Gasteiger partial charge is 0.257 e. The molecule has 3 atom stereocenters. The van der Waals surface area contributed by atoms with Gasteiger partial charge >= 0.3 is 0 Å². The molecule has 7 rings (SSSR count). The van der Waals surface area contributed by atoms with E-state index in [4.69, 9.17) is 31.0 Å².